The molecule has 5 nitrogen and oxygen atoms in total. The zero-order valence-electron chi connectivity index (χ0n) is 14.4. The Kier molecular flexibility index (Phi) is 5.43. The molecule has 0 saturated heterocycles. The van der Waals surface area contributed by atoms with E-state index in [1.807, 2.05) is 13.0 Å². The first kappa shape index (κ1) is 18.2. The average Bonchev–Trinajstić information content (AvgIpc) is 2.63. The number of H-pyrrole nitrogens is 1. The molecular weight excluding hydrogens is 348 g/mol. The highest BCUT2D eigenvalue weighted by atomic mass is 32.2. The molecule has 2 aromatic carbocycles. The summed E-state index contributed by atoms with van der Waals surface area (Å²) >= 11 is 1.51. The lowest BCUT2D eigenvalue weighted by atomic mass is 10.1. The topological polar surface area (TPSA) is 86.2 Å². The van der Waals surface area contributed by atoms with Crippen LogP contribution < -0.4 is 5.56 Å². The van der Waals surface area contributed by atoms with Crippen LogP contribution in [0.5, 0.6) is 0 Å². The first-order valence-electron chi connectivity index (χ1n) is 8.03. The second kappa shape index (κ2) is 7.75. The van der Waals surface area contributed by atoms with Crippen LogP contribution in [0.1, 0.15) is 35.7 Å². The number of hydrogen-bond acceptors (Lipinski definition) is 5. The summed E-state index contributed by atoms with van der Waals surface area (Å²) in [5, 5.41) is 18.8. The van der Waals surface area contributed by atoms with Crippen molar-refractivity contribution in [3.63, 3.8) is 0 Å². The molecule has 3 N–H and O–H groups in total. The molecule has 132 valence electrons. The zero-order valence-corrected chi connectivity index (χ0v) is 15.2. The van der Waals surface area contributed by atoms with Crippen LogP contribution >= 0.6 is 11.8 Å². The summed E-state index contributed by atoms with van der Waals surface area (Å²) in [5.41, 5.74) is 2.71. The van der Waals surface area contributed by atoms with Crippen molar-refractivity contribution < 1.29 is 10.2 Å². The molecule has 1 heterocycles. The van der Waals surface area contributed by atoms with Gasteiger partial charge >= 0.3 is 0 Å². The van der Waals surface area contributed by atoms with Gasteiger partial charge in [0.1, 0.15) is 5.82 Å². The van der Waals surface area contributed by atoms with Gasteiger partial charge in [0.15, 0.2) is 6.29 Å². The number of benzene rings is 2. The fraction of sp³-hybridized carbons (Fsp3) is 0.200. The molecule has 0 spiro atoms. The summed E-state index contributed by atoms with van der Waals surface area (Å²) in [6.07, 6.45) is -1.48. The Bertz CT molecular complexity index is 1060. The maximum atomic E-state index is 12.4. The molecule has 6 heteroatoms. The standard InChI is InChI=1S/C20H18N2O3S/c1-3-4-13-7-10-16-18(12(13)2)21-17(22-19(16)23)11-26-15-8-5-14(6-9-15)20(24)25/h5-10,20,24-25H,11H2,1-2H3,(H,21,22,23). The third kappa shape index (κ3) is 3.81. The summed E-state index contributed by atoms with van der Waals surface area (Å²) in [7, 11) is 0. The number of nitrogens with zero attached hydrogens (tertiary/aromatic N) is 1. The van der Waals surface area contributed by atoms with E-state index in [-0.39, 0.29) is 5.56 Å². The van der Waals surface area contributed by atoms with Crippen LogP contribution in [0.15, 0.2) is 46.1 Å². The lowest BCUT2D eigenvalue weighted by Gasteiger charge is -2.08. The normalized spacial score (nSPS) is 10.8. The number of aromatic amines is 1. The number of aryl methyl sites for hydroxylation is 1. The summed E-state index contributed by atoms with van der Waals surface area (Å²) in [5.74, 6) is 6.99. The van der Waals surface area contributed by atoms with Crippen LogP contribution in [0.3, 0.4) is 0 Å². The summed E-state index contributed by atoms with van der Waals surface area (Å²) < 4.78 is 0. The van der Waals surface area contributed by atoms with Crippen molar-refractivity contribution in [2.75, 3.05) is 0 Å². The van der Waals surface area contributed by atoms with Crippen molar-refractivity contribution in [3.8, 4) is 11.8 Å². The Morgan fingerprint density at radius 1 is 1.19 bits per heavy atom. The number of thioether (sulfide) groups is 1. The highest BCUT2D eigenvalue weighted by molar-refractivity contribution is 7.98. The van der Waals surface area contributed by atoms with Crippen LogP contribution in [0.25, 0.3) is 10.9 Å². The van der Waals surface area contributed by atoms with Crippen molar-refractivity contribution in [2.24, 2.45) is 0 Å². The zero-order chi connectivity index (χ0) is 18.7. The lowest BCUT2D eigenvalue weighted by Crippen LogP contribution is -2.12. The Hall–Kier alpha value is -2.59. The number of hydrogen-bond donors (Lipinski definition) is 3. The van der Waals surface area contributed by atoms with E-state index in [0.717, 1.165) is 16.0 Å². The molecule has 1 aromatic heterocycles. The second-order valence-electron chi connectivity index (χ2n) is 5.75. The number of aliphatic hydroxyl groups excluding tert-OH is 1. The van der Waals surface area contributed by atoms with Gasteiger partial charge in [0.05, 0.1) is 16.7 Å². The third-order valence-electron chi connectivity index (χ3n) is 3.99. The van der Waals surface area contributed by atoms with E-state index < -0.39 is 6.29 Å². The minimum Gasteiger partial charge on any atom is -0.364 e. The molecule has 0 aliphatic heterocycles. The predicted octanol–water partition coefficient (Wildman–Crippen LogP) is 2.88. The number of aliphatic hydroxyl groups is 2. The van der Waals surface area contributed by atoms with Crippen LogP contribution in [0.4, 0.5) is 0 Å². The highest BCUT2D eigenvalue weighted by Gasteiger charge is 2.09. The molecule has 0 atom stereocenters. The van der Waals surface area contributed by atoms with Crippen molar-refractivity contribution >= 4 is 22.7 Å². The SMILES string of the molecule is CC#Cc1ccc2c(=O)[nH]c(CSc3ccc(C(O)O)cc3)nc2c1C. The molecule has 3 rings (SSSR count). The van der Waals surface area contributed by atoms with E-state index >= 15 is 0 Å². The molecule has 0 unspecified atom stereocenters. The minimum atomic E-state index is -1.48. The Morgan fingerprint density at radius 2 is 1.92 bits per heavy atom. The van der Waals surface area contributed by atoms with Crippen molar-refractivity contribution in [3.05, 3.63) is 69.3 Å². The largest absolute Gasteiger partial charge is 0.364 e. The maximum absolute atomic E-state index is 12.4. The summed E-state index contributed by atoms with van der Waals surface area (Å²) in [6, 6.07) is 10.5. The molecule has 0 amide bonds. The summed E-state index contributed by atoms with van der Waals surface area (Å²) in [4.78, 5) is 20.7. The number of nitrogens with one attached hydrogen (secondary N) is 1. The van der Waals surface area contributed by atoms with Gasteiger partial charge in [0.25, 0.3) is 5.56 Å². The number of rotatable bonds is 4. The number of fused-ring (bicyclic) bond motifs is 1. The van der Waals surface area contributed by atoms with Gasteiger partial charge in [-0.1, -0.05) is 18.1 Å². The molecule has 0 bridgehead atoms. The van der Waals surface area contributed by atoms with Gasteiger partial charge in [-0.25, -0.2) is 4.98 Å². The molecule has 0 aliphatic carbocycles. The molecule has 0 aliphatic rings. The predicted molar refractivity (Wildman–Crippen MR) is 103 cm³/mol. The quantitative estimate of drug-likeness (QED) is 0.375. The first-order valence-corrected chi connectivity index (χ1v) is 9.02. The molecule has 26 heavy (non-hydrogen) atoms. The van der Waals surface area contributed by atoms with Gasteiger partial charge in [-0.05, 0) is 43.7 Å². The fourth-order valence-electron chi connectivity index (χ4n) is 2.62. The van der Waals surface area contributed by atoms with Crippen molar-refractivity contribution in [1.29, 1.82) is 0 Å². The van der Waals surface area contributed by atoms with Crippen LogP contribution in [-0.4, -0.2) is 20.2 Å². The van der Waals surface area contributed by atoms with Gasteiger partial charge in [-0.2, -0.15) is 0 Å². The molecular formula is C20H18N2O3S. The van der Waals surface area contributed by atoms with Gasteiger partial charge in [0, 0.05) is 16.0 Å². The number of aromatic nitrogens is 2. The molecule has 0 radical (unpaired) electrons. The summed E-state index contributed by atoms with van der Waals surface area (Å²) in [6.45, 7) is 3.70. The Morgan fingerprint density at radius 3 is 2.58 bits per heavy atom. The van der Waals surface area contributed by atoms with Gasteiger partial charge < -0.3 is 15.2 Å². The third-order valence-corrected chi connectivity index (χ3v) is 5.02. The fourth-order valence-corrected chi connectivity index (χ4v) is 3.38. The van der Waals surface area contributed by atoms with Crippen LogP contribution in [0.2, 0.25) is 0 Å². The maximum Gasteiger partial charge on any atom is 0.258 e. The molecule has 3 aromatic rings. The second-order valence-corrected chi connectivity index (χ2v) is 6.80. The van der Waals surface area contributed by atoms with Crippen molar-refractivity contribution in [2.45, 2.75) is 30.8 Å². The first-order chi connectivity index (χ1) is 12.5. The van der Waals surface area contributed by atoms with E-state index in [2.05, 4.69) is 21.8 Å². The molecule has 0 fully saturated rings. The average molecular weight is 366 g/mol. The van der Waals surface area contributed by atoms with E-state index in [4.69, 9.17) is 10.2 Å². The monoisotopic (exact) mass is 366 g/mol. The van der Waals surface area contributed by atoms with Crippen LogP contribution in [-0.2, 0) is 5.75 Å². The lowest BCUT2D eigenvalue weighted by molar-refractivity contribution is -0.0425. The highest BCUT2D eigenvalue weighted by Crippen LogP contribution is 2.24. The van der Waals surface area contributed by atoms with E-state index in [1.54, 1.807) is 37.3 Å². The van der Waals surface area contributed by atoms with E-state index in [9.17, 15) is 4.79 Å². The minimum absolute atomic E-state index is 0.163. The Balaban J connectivity index is 1.89. The Labute approximate surface area is 155 Å². The van der Waals surface area contributed by atoms with Gasteiger partial charge in [0.2, 0.25) is 0 Å². The van der Waals surface area contributed by atoms with E-state index in [1.165, 1.54) is 11.8 Å². The molecule has 0 saturated carbocycles. The van der Waals surface area contributed by atoms with Gasteiger partial charge in [-0.3, -0.25) is 4.79 Å². The smallest absolute Gasteiger partial charge is 0.258 e. The van der Waals surface area contributed by atoms with E-state index in [0.29, 0.717) is 28.0 Å². The van der Waals surface area contributed by atoms with Gasteiger partial charge in [-0.15, -0.1) is 17.7 Å². The van der Waals surface area contributed by atoms with Crippen LogP contribution in [0, 0.1) is 18.8 Å². The van der Waals surface area contributed by atoms with Crippen molar-refractivity contribution in [1.82, 2.24) is 9.97 Å².